The van der Waals surface area contributed by atoms with Crippen molar-refractivity contribution in [3.05, 3.63) is 108 Å². The van der Waals surface area contributed by atoms with E-state index in [1.54, 1.807) is 0 Å². The lowest BCUT2D eigenvalue weighted by Crippen LogP contribution is -2.44. The highest BCUT2D eigenvalue weighted by molar-refractivity contribution is 5.94. The van der Waals surface area contributed by atoms with Crippen LogP contribution in [0.4, 0.5) is 0 Å². The van der Waals surface area contributed by atoms with Crippen LogP contribution in [0.1, 0.15) is 22.3 Å². The Labute approximate surface area is 197 Å². The van der Waals surface area contributed by atoms with Crippen LogP contribution in [0.5, 0.6) is 0 Å². The molecular formula is C30H31N3. The van der Waals surface area contributed by atoms with E-state index in [1.165, 1.54) is 38.8 Å². The number of aryl methyl sites for hydroxylation is 2. The van der Waals surface area contributed by atoms with Crippen molar-refractivity contribution in [3.8, 4) is 11.1 Å². The fourth-order valence-corrected chi connectivity index (χ4v) is 4.89. The molecule has 0 N–H and O–H groups in total. The molecule has 3 aromatic carbocycles. The second-order valence-electron chi connectivity index (χ2n) is 9.11. The third-order valence-corrected chi connectivity index (χ3v) is 6.73. The third-order valence-electron chi connectivity index (χ3n) is 6.73. The third kappa shape index (κ3) is 4.55. The van der Waals surface area contributed by atoms with E-state index in [4.69, 9.17) is 0 Å². The molecule has 0 saturated carbocycles. The summed E-state index contributed by atoms with van der Waals surface area (Å²) >= 11 is 0. The van der Waals surface area contributed by atoms with Crippen LogP contribution in [0.15, 0.2) is 85.6 Å². The van der Waals surface area contributed by atoms with Gasteiger partial charge in [0.25, 0.3) is 0 Å². The molecule has 1 aliphatic rings. The molecule has 4 aromatic rings. The molecule has 0 atom stereocenters. The van der Waals surface area contributed by atoms with Crippen molar-refractivity contribution >= 4 is 16.6 Å². The maximum absolute atomic E-state index is 4.64. The molecule has 0 spiro atoms. The predicted octanol–water partition coefficient (Wildman–Crippen LogP) is 6.31. The number of benzene rings is 3. The van der Waals surface area contributed by atoms with Crippen molar-refractivity contribution in [2.45, 2.75) is 20.4 Å². The van der Waals surface area contributed by atoms with Crippen LogP contribution in [-0.2, 0) is 6.54 Å². The molecule has 0 radical (unpaired) electrons. The van der Waals surface area contributed by atoms with Gasteiger partial charge in [0, 0.05) is 55.6 Å². The lowest BCUT2D eigenvalue weighted by Gasteiger charge is -2.37. The topological polar surface area (TPSA) is 19.4 Å². The summed E-state index contributed by atoms with van der Waals surface area (Å²) < 4.78 is 0. The van der Waals surface area contributed by atoms with Gasteiger partial charge in [-0.15, -0.1) is 0 Å². The zero-order valence-electron chi connectivity index (χ0n) is 19.6. The normalized spacial score (nSPS) is 14.5. The summed E-state index contributed by atoms with van der Waals surface area (Å²) in [5, 5.41) is 1.17. The zero-order chi connectivity index (χ0) is 22.8. The SMILES string of the molecule is C=C(c1ccc(-c2cccc3cccnc23)c(C)c1)N1CCN(Cc2cccc(C)c2)CC1. The molecule has 33 heavy (non-hydrogen) atoms. The van der Waals surface area contributed by atoms with E-state index in [-0.39, 0.29) is 0 Å². The Morgan fingerprint density at radius 1 is 0.848 bits per heavy atom. The van der Waals surface area contributed by atoms with Gasteiger partial charge in [-0.05, 0) is 48.2 Å². The summed E-state index contributed by atoms with van der Waals surface area (Å²) in [6.45, 7) is 14.0. The molecule has 1 saturated heterocycles. The van der Waals surface area contributed by atoms with Gasteiger partial charge in [0.05, 0.1) is 5.52 Å². The number of pyridine rings is 1. The van der Waals surface area contributed by atoms with E-state index in [9.17, 15) is 0 Å². The summed E-state index contributed by atoms with van der Waals surface area (Å²) in [6.07, 6.45) is 1.87. The fraction of sp³-hybridized carbons (Fsp3) is 0.233. The first-order valence-corrected chi connectivity index (χ1v) is 11.8. The van der Waals surface area contributed by atoms with Crippen molar-refractivity contribution in [3.63, 3.8) is 0 Å². The first-order valence-electron chi connectivity index (χ1n) is 11.8. The Morgan fingerprint density at radius 2 is 1.64 bits per heavy atom. The number of hydrogen-bond acceptors (Lipinski definition) is 3. The standard InChI is InChI=1S/C30H31N3/c1-22-7-4-8-25(19-22)21-32-15-17-33(18-16-32)24(3)27-12-13-28(23(2)20-27)29-11-5-9-26-10-6-14-31-30(26)29/h4-14,19-20H,3,15-18,21H2,1-2H3. The number of piperazine rings is 1. The molecule has 5 rings (SSSR count). The molecular weight excluding hydrogens is 402 g/mol. The Hall–Kier alpha value is -3.43. The quantitative estimate of drug-likeness (QED) is 0.368. The van der Waals surface area contributed by atoms with Crippen LogP contribution in [0, 0.1) is 13.8 Å². The summed E-state index contributed by atoms with van der Waals surface area (Å²) in [4.78, 5) is 9.61. The van der Waals surface area contributed by atoms with E-state index in [2.05, 4.69) is 102 Å². The molecule has 3 heteroatoms. The molecule has 0 amide bonds. The fourth-order valence-electron chi connectivity index (χ4n) is 4.89. The van der Waals surface area contributed by atoms with Gasteiger partial charge in [0.1, 0.15) is 0 Å². The van der Waals surface area contributed by atoms with E-state index in [1.807, 2.05) is 12.3 Å². The molecule has 2 heterocycles. The predicted molar refractivity (Wildman–Crippen MR) is 139 cm³/mol. The average molecular weight is 434 g/mol. The van der Waals surface area contributed by atoms with Crippen LogP contribution in [0.2, 0.25) is 0 Å². The minimum absolute atomic E-state index is 1.01. The lowest BCUT2D eigenvalue weighted by atomic mass is 9.95. The summed E-state index contributed by atoms with van der Waals surface area (Å²) in [7, 11) is 0. The highest BCUT2D eigenvalue weighted by Gasteiger charge is 2.19. The Balaban J connectivity index is 1.28. The number of aromatic nitrogens is 1. The first kappa shape index (κ1) is 21.4. The first-order chi connectivity index (χ1) is 16.1. The van der Waals surface area contributed by atoms with Crippen LogP contribution in [0.3, 0.4) is 0 Å². The summed E-state index contributed by atoms with van der Waals surface area (Å²) in [5.41, 5.74) is 9.79. The molecule has 0 aliphatic carbocycles. The Bertz CT molecular complexity index is 1290. The van der Waals surface area contributed by atoms with E-state index in [0.717, 1.165) is 43.9 Å². The molecule has 0 unspecified atom stereocenters. The highest BCUT2D eigenvalue weighted by Crippen LogP contribution is 2.32. The number of nitrogens with zero attached hydrogens (tertiary/aromatic N) is 3. The average Bonchev–Trinajstić information content (AvgIpc) is 2.84. The molecule has 0 bridgehead atoms. The minimum Gasteiger partial charge on any atom is -0.369 e. The minimum atomic E-state index is 1.01. The largest absolute Gasteiger partial charge is 0.369 e. The lowest BCUT2D eigenvalue weighted by molar-refractivity contribution is 0.169. The number of rotatable bonds is 5. The summed E-state index contributed by atoms with van der Waals surface area (Å²) in [6, 6.07) is 26.1. The van der Waals surface area contributed by atoms with Gasteiger partial charge < -0.3 is 4.90 Å². The number of fused-ring (bicyclic) bond motifs is 1. The molecule has 3 nitrogen and oxygen atoms in total. The van der Waals surface area contributed by atoms with Crippen molar-refractivity contribution in [2.75, 3.05) is 26.2 Å². The Morgan fingerprint density at radius 3 is 2.42 bits per heavy atom. The Kier molecular flexibility index (Phi) is 5.97. The number of hydrogen-bond donors (Lipinski definition) is 0. The van der Waals surface area contributed by atoms with Crippen molar-refractivity contribution in [1.82, 2.24) is 14.8 Å². The van der Waals surface area contributed by atoms with E-state index in [0.29, 0.717) is 0 Å². The smallest absolute Gasteiger partial charge is 0.0780 e. The summed E-state index contributed by atoms with van der Waals surface area (Å²) in [5.74, 6) is 0. The van der Waals surface area contributed by atoms with Crippen LogP contribution in [0.25, 0.3) is 27.7 Å². The van der Waals surface area contributed by atoms with E-state index < -0.39 is 0 Å². The maximum atomic E-state index is 4.64. The van der Waals surface area contributed by atoms with Crippen LogP contribution in [-0.4, -0.2) is 41.0 Å². The highest BCUT2D eigenvalue weighted by atomic mass is 15.3. The molecule has 166 valence electrons. The van der Waals surface area contributed by atoms with Gasteiger partial charge >= 0.3 is 0 Å². The van der Waals surface area contributed by atoms with Crippen molar-refractivity contribution < 1.29 is 0 Å². The van der Waals surface area contributed by atoms with Gasteiger partial charge in [-0.1, -0.05) is 72.8 Å². The van der Waals surface area contributed by atoms with Crippen LogP contribution >= 0.6 is 0 Å². The number of para-hydroxylation sites is 1. The van der Waals surface area contributed by atoms with Gasteiger partial charge in [-0.2, -0.15) is 0 Å². The second-order valence-corrected chi connectivity index (χ2v) is 9.11. The van der Waals surface area contributed by atoms with Gasteiger partial charge in [-0.3, -0.25) is 9.88 Å². The molecule has 1 aromatic heterocycles. The van der Waals surface area contributed by atoms with Gasteiger partial charge in [0.2, 0.25) is 0 Å². The van der Waals surface area contributed by atoms with Gasteiger partial charge in [-0.25, -0.2) is 0 Å². The van der Waals surface area contributed by atoms with E-state index >= 15 is 0 Å². The van der Waals surface area contributed by atoms with Crippen molar-refractivity contribution in [1.29, 1.82) is 0 Å². The monoisotopic (exact) mass is 433 g/mol. The van der Waals surface area contributed by atoms with Crippen LogP contribution < -0.4 is 0 Å². The van der Waals surface area contributed by atoms with Crippen molar-refractivity contribution in [2.24, 2.45) is 0 Å². The molecule has 1 fully saturated rings. The van der Waals surface area contributed by atoms with Gasteiger partial charge in [0.15, 0.2) is 0 Å². The molecule has 1 aliphatic heterocycles. The second kappa shape index (κ2) is 9.21. The maximum Gasteiger partial charge on any atom is 0.0780 e. The zero-order valence-corrected chi connectivity index (χ0v) is 19.6.